The van der Waals surface area contributed by atoms with Crippen LogP contribution in [0.2, 0.25) is 0 Å². The van der Waals surface area contributed by atoms with Crippen molar-refractivity contribution in [3.8, 4) is 5.75 Å². The number of rotatable bonds is 0. The molecule has 0 heterocycles. The molecule has 0 aliphatic rings. The predicted molar refractivity (Wildman–Crippen MR) is 48.5 cm³/mol. The molecule has 0 spiro atoms. The van der Waals surface area contributed by atoms with E-state index in [0.717, 1.165) is 0 Å². The van der Waals surface area contributed by atoms with Crippen LogP contribution in [-0.4, -0.2) is 5.11 Å². The molecule has 0 aliphatic carbocycles. The summed E-state index contributed by atoms with van der Waals surface area (Å²) in [4.78, 5) is 0. The Morgan fingerprint density at radius 1 is 1.27 bits per heavy atom. The lowest BCUT2D eigenvalue weighted by atomic mass is 10.3. The Hall–Kier alpha value is -1.18. The van der Waals surface area contributed by atoms with E-state index in [-0.39, 0.29) is 5.75 Å². The fourth-order valence-corrected chi connectivity index (χ4v) is 0.488. The minimum absolute atomic E-state index is 0.146. The highest BCUT2D eigenvalue weighted by molar-refractivity contribution is 5.50. The van der Waals surface area contributed by atoms with Gasteiger partial charge in [-0.1, -0.05) is 32.4 Å². The quantitative estimate of drug-likeness (QED) is 0.444. The van der Waals surface area contributed by atoms with E-state index in [9.17, 15) is 0 Å². The first-order valence-corrected chi connectivity index (χ1v) is 3.75. The molecule has 0 amide bonds. The maximum absolute atomic E-state index is 8.79. The first kappa shape index (κ1) is 9.82. The number of hydrogen-bond donors (Lipinski definition) is 2. The topological polar surface area (TPSA) is 46.2 Å². The molecule has 0 unspecified atom stereocenters. The van der Waals surface area contributed by atoms with E-state index < -0.39 is 0 Å². The summed E-state index contributed by atoms with van der Waals surface area (Å²) in [5.74, 6) is 0.146. The number of nitrogens with two attached hydrogens (primary N) is 1. The van der Waals surface area contributed by atoms with Crippen LogP contribution in [0.5, 0.6) is 5.75 Å². The Balaban J connectivity index is 0.000000292. The van der Waals surface area contributed by atoms with Crippen molar-refractivity contribution in [1.29, 1.82) is 0 Å². The average molecular weight is 153 g/mol. The third-order valence-corrected chi connectivity index (χ3v) is 0.937. The highest BCUT2D eigenvalue weighted by Gasteiger charge is 1.87. The summed E-state index contributed by atoms with van der Waals surface area (Å²) >= 11 is 0. The van der Waals surface area contributed by atoms with Crippen molar-refractivity contribution >= 4 is 5.69 Å². The molecule has 62 valence electrons. The summed E-state index contributed by atoms with van der Waals surface area (Å²) in [5.41, 5.74) is 5.69. The molecule has 2 heteroatoms. The van der Waals surface area contributed by atoms with Crippen LogP contribution in [0.15, 0.2) is 24.3 Å². The second-order valence-electron chi connectivity index (χ2n) is 2.27. The summed E-state index contributed by atoms with van der Waals surface area (Å²) in [6, 6.07) is 6.70. The number of para-hydroxylation sites is 2. The van der Waals surface area contributed by atoms with Crippen LogP contribution in [-0.2, 0) is 0 Å². The highest BCUT2D eigenvalue weighted by atomic mass is 16.3. The van der Waals surface area contributed by atoms with Gasteiger partial charge in [-0.3, -0.25) is 0 Å². The lowest BCUT2D eigenvalue weighted by Gasteiger charge is -1.92. The van der Waals surface area contributed by atoms with Gasteiger partial charge >= 0.3 is 0 Å². The van der Waals surface area contributed by atoms with Gasteiger partial charge in [0.1, 0.15) is 5.75 Å². The van der Waals surface area contributed by atoms with Gasteiger partial charge in [0.25, 0.3) is 0 Å². The first-order chi connectivity index (χ1) is 5.22. The SMILES string of the molecule is CCC.Nc1ccccc1O. The molecule has 1 aromatic rings. The van der Waals surface area contributed by atoms with Gasteiger partial charge in [0.05, 0.1) is 5.69 Å². The van der Waals surface area contributed by atoms with Gasteiger partial charge in [-0.25, -0.2) is 0 Å². The van der Waals surface area contributed by atoms with Crippen molar-refractivity contribution in [2.75, 3.05) is 5.73 Å². The van der Waals surface area contributed by atoms with Crippen molar-refractivity contribution in [2.24, 2.45) is 0 Å². The number of aromatic hydroxyl groups is 1. The summed E-state index contributed by atoms with van der Waals surface area (Å²) in [7, 11) is 0. The Kier molecular flexibility index (Phi) is 4.99. The first-order valence-electron chi connectivity index (χ1n) is 3.75. The number of benzene rings is 1. The van der Waals surface area contributed by atoms with Crippen LogP contribution < -0.4 is 5.73 Å². The van der Waals surface area contributed by atoms with E-state index in [2.05, 4.69) is 13.8 Å². The molecule has 0 atom stereocenters. The van der Waals surface area contributed by atoms with E-state index >= 15 is 0 Å². The van der Waals surface area contributed by atoms with Crippen molar-refractivity contribution in [1.82, 2.24) is 0 Å². The second kappa shape index (κ2) is 5.59. The third-order valence-electron chi connectivity index (χ3n) is 0.937. The molecule has 3 N–H and O–H groups in total. The fourth-order valence-electron chi connectivity index (χ4n) is 0.488. The molecule has 0 aromatic heterocycles. The molecule has 0 saturated heterocycles. The molecule has 0 aliphatic heterocycles. The monoisotopic (exact) mass is 153 g/mol. The van der Waals surface area contributed by atoms with Gasteiger partial charge in [-0.2, -0.15) is 0 Å². The van der Waals surface area contributed by atoms with E-state index in [1.165, 1.54) is 6.42 Å². The molecular formula is C9H15NO. The van der Waals surface area contributed by atoms with Gasteiger partial charge in [0.15, 0.2) is 0 Å². The number of phenolic OH excluding ortho intramolecular Hbond substituents is 1. The third kappa shape index (κ3) is 4.25. The number of nitrogen functional groups attached to an aromatic ring is 1. The molecule has 1 aromatic carbocycles. The normalized spacial score (nSPS) is 8.18. The largest absolute Gasteiger partial charge is 0.506 e. The van der Waals surface area contributed by atoms with E-state index in [0.29, 0.717) is 5.69 Å². The van der Waals surface area contributed by atoms with Crippen LogP contribution in [0.25, 0.3) is 0 Å². The van der Waals surface area contributed by atoms with Crippen LogP contribution in [0, 0.1) is 0 Å². The van der Waals surface area contributed by atoms with Crippen molar-refractivity contribution in [3.63, 3.8) is 0 Å². The summed E-state index contributed by atoms with van der Waals surface area (Å²) in [6.07, 6.45) is 1.25. The number of anilines is 1. The van der Waals surface area contributed by atoms with Crippen LogP contribution in [0.3, 0.4) is 0 Å². The van der Waals surface area contributed by atoms with Crippen molar-refractivity contribution in [2.45, 2.75) is 20.3 Å². The average Bonchev–Trinajstić information content (AvgIpc) is 1.97. The lowest BCUT2D eigenvalue weighted by molar-refractivity contribution is 0.478. The standard InChI is InChI=1S/C6H7NO.C3H8/c7-5-3-1-2-4-6(5)8;1-3-2/h1-4,8H,7H2;3H2,1-2H3. The molecule has 0 bridgehead atoms. The minimum Gasteiger partial charge on any atom is -0.506 e. The molecule has 11 heavy (non-hydrogen) atoms. The van der Waals surface area contributed by atoms with Crippen LogP contribution >= 0.6 is 0 Å². The molecule has 0 saturated carbocycles. The Morgan fingerprint density at radius 2 is 1.73 bits per heavy atom. The van der Waals surface area contributed by atoms with Gasteiger partial charge in [-0.15, -0.1) is 0 Å². The lowest BCUT2D eigenvalue weighted by Crippen LogP contribution is -1.82. The smallest absolute Gasteiger partial charge is 0.138 e. The molecular weight excluding hydrogens is 138 g/mol. The summed E-state index contributed by atoms with van der Waals surface area (Å²) < 4.78 is 0. The number of hydrogen-bond acceptors (Lipinski definition) is 2. The van der Waals surface area contributed by atoms with E-state index in [1.807, 2.05) is 0 Å². The van der Waals surface area contributed by atoms with Gasteiger partial charge in [0, 0.05) is 0 Å². The maximum Gasteiger partial charge on any atom is 0.138 e. The second-order valence-corrected chi connectivity index (χ2v) is 2.27. The summed E-state index contributed by atoms with van der Waals surface area (Å²) in [5, 5.41) is 8.79. The Morgan fingerprint density at radius 3 is 2.00 bits per heavy atom. The van der Waals surface area contributed by atoms with Crippen LogP contribution in [0.1, 0.15) is 20.3 Å². The van der Waals surface area contributed by atoms with E-state index in [4.69, 9.17) is 10.8 Å². The van der Waals surface area contributed by atoms with E-state index in [1.54, 1.807) is 24.3 Å². The number of phenols is 1. The molecule has 2 nitrogen and oxygen atoms in total. The fraction of sp³-hybridized carbons (Fsp3) is 0.333. The van der Waals surface area contributed by atoms with Crippen molar-refractivity contribution < 1.29 is 5.11 Å². The maximum atomic E-state index is 8.79. The van der Waals surface area contributed by atoms with Gasteiger partial charge < -0.3 is 10.8 Å². The Labute approximate surface area is 67.7 Å². The summed E-state index contributed by atoms with van der Waals surface area (Å²) in [6.45, 7) is 4.25. The highest BCUT2D eigenvalue weighted by Crippen LogP contribution is 2.16. The zero-order valence-electron chi connectivity index (χ0n) is 7.04. The van der Waals surface area contributed by atoms with Gasteiger partial charge in [0.2, 0.25) is 0 Å². The molecule has 0 radical (unpaired) electrons. The van der Waals surface area contributed by atoms with Crippen LogP contribution in [0.4, 0.5) is 5.69 Å². The van der Waals surface area contributed by atoms with Gasteiger partial charge in [-0.05, 0) is 12.1 Å². The predicted octanol–water partition coefficient (Wildman–Crippen LogP) is 2.39. The zero-order chi connectivity index (χ0) is 8.69. The zero-order valence-corrected chi connectivity index (χ0v) is 7.04. The molecule has 0 fully saturated rings. The van der Waals surface area contributed by atoms with Crippen molar-refractivity contribution in [3.05, 3.63) is 24.3 Å². The molecule has 1 rings (SSSR count). The minimum atomic E-state index is 0.146. The Bertz CT molecular complexity index is 178.